The predicted molar refractivity (Wildman–Crippen MR) is 59.6 cm³/mol. The lowest BCUT2D eigenvalue weighted by molar-refractivity contribution is -0.176. The van der Waals surface area contributed by atoms with Crippen LogP contribution in [0.4, 0.5) is 0 Å². The minimum Gasteiger partial charge on any atom is -0.481 e. The van der Waals surface area contributed by atoms with Crippen LogP contribution < -0.4 is 0 Å². The number of ether oxygens (including phenoxy) is 2. The third-order valence-electron chi connectivity index (χ3n) is 2.54. The smallest absolute Gasteiger partial charge is 0.346 e. The molecule has 0 radical (unpaired) electrons. The Labute approximate surface area is 105 Å². The zero-order valence-corrected chi connectivity index (χ0v) is 10.8. The van der Waals surface area contributed by atoms with Gasteiger partial charge in [-0.2, -0.15) is 0 Å². The van der Waals surface area contributed by atoms with Gasteiger partial charge in [-0.1, -0.05) is 0 Å². The van der Waals surface area contributed by atoms with E-state index in [1.165, 1.54) is 20.8 Å². The first-order chi connectivity index (χ1) is 8.12. The molecule has 0 amide bonds. The van der Waals surface area contributed by atoms with Crippen LogP contribution >= 0.6 is 0 Å². The lowest BCUT2D eigenvalue weighted by Gasteiger charge is -2.28. The van der Waals surface area contributed by atoms with Crippen LogP contribution in [0.15, 0.2) is 0 Å². The summed E-state index contributed by atoms with van der Waals surface area (Å²) in [6.45, 7) is 4.00. The molecular formula is C11H18O7. The highest BCUT2D eigenvalue weighted by Gasteiger charge is 2.40. The van der Waals surface area contributed by atoms with Crippen LogP contribution in [-0.4, -0.2) is 47.4 Å². The molecule has 0 saturated carbocycles. The number of aliphatic hydroxyl groups excluding tert-OH is 1. The average molecular weight is 262 g/mol. The molecule has 7 heteroatoms. The topological polar surface area (TPSA) is 110 Å². The Morgan fingerprint density at radius 3 is 2.17 bits per heavy atom. The summed E-state index contributed by atoms with van der Waals surface area (Å²) < 4.78 is 9.18. The van der Waals surface area contributed by atoms with E-state index >= 15 is 0 Å². The Balaban J connectivity index is 4.65. The summed E-state index contributed by atoms with van der Waals surface area (Å²) in [4.78, 5) is 33.3. The minimum absolute atomic E-state index is 0.589. The Hall–Kier alpha value is -1.63. The lowest BCUT2D eigenvalue weighted by atomic mass is 9.85. The van der Waals surface area contributed by atoms with Crippen molar-refractivity contribution in [1.82, 2.24) is 0 Å². The molecule has 0 spiro atoms. The molecule has 0 aromatic heterocycles. The molecule has 0 fully saturated rings. The summed E-state index contributed by atoms with van der Waals surface area (Å²) in [6.07, 6.45) is -3.11. The zero-order valence-electron chi connectivity index (χ0n) is 10.8. The number of carboxylic acid groups (broad SMARTS) is 1. The first kappa shape index (κ1) is 16.4. The van der Waals surface area contributed by atoms with E-state index in [0.717, 1.165) is 7.11 Å². The molecule has 7 nitrogen and oxygen atoms in total. The molecule has 18 heavy (non-hydrogen) atoms. The van der Waals surface area contributed by atoms with Crippen LogP contribution in [0.2, 0.25) is 0 Å². The van der Waals surface area contributed by atoms with Crippen molar-refractivity contribution in [2.75, 3.05) is 7.11 Å². The van der Waals surface area contributed by atoms with Crippen molar-refractivity contribution in [3.8, 4) is 0 Å². The molecule has 0 rings (SSSR count). The maximum atomic E-state index is 11.7. The molecule has 0 heterocycles. The Morgan fingerprint density at radius 1 is 1.28 bits per heavy atom. The second kappa shape index (κ2) is 6.34. The van der Waals surface area contributed by atoms with Crippen LogP contribution in [0, 0.1) is 5.41 Å². The van der Waals surface area contributed by atoms with Crippen molar-refractivity contribution in [3.63, 3.8) is 0 Å². The monoisotopic (exact) mass is 262 g/mol. The summed E-state index contributed by atoms with van der Waals surface area (Å²) in [5.74, 6) is -2.83. The highest BCUT2D eigenvalue weighted by molar-refractivity contribution is 5.82. The summed E-state index contributed by atoms with van der Waals surface area (Å²) in [5, 5.41) is 18.2. The van der Waals surface area contributed by atoms with E-state index in [9.17, 15) is 19.5 Å². The summed E-state index contributed by atoms with van der Waals surface area (Å²) >= 11 is 0. The fourth-order valence-electron chi connectivity index (χ4n) is 1.08. The number of methoxy groups -OCH3 is 1. The first-order valence-electron chi connectivity index (χ1n) is 5.31. The van der Waals surface area contributed by atoms with E-state index in [2.05, 4.69) is 4.74 Å². The zero-order chi connectivity index (χ0) is 14.5. The van der Waals surface area contributed by atoms with Gasteiger partial charge in [0.05, 0.1) is 25.0 Å². The van der Waals surface area contributed by atoms with Crippen LogP contribution in [0.25, 0.3) is 0 Å². The van der Waals surface area contributed by atoms with Gasteiger partial charge in [0.1, 0.15) is 0 Å². The summed E-state index contributed by atoms with van der Waals surface area (Å²) in [5.41, 5.74) is -1.43. The third kappa shape index (κ3) is 4.33. The van der Waals surface area contributed by atoms with Gasteiger partial charge in [-0.05, 0) is 20.8 Å². The van der Waals surface area contributed by atoms with Gasteiger partial charge < -0.3 is 19.7 Å². The second-order valence-corrected chi connectivity index (χ2v) is 4.41. The van der Waals surface area contributed by atoms with Gasteiger partial charge in [-0.15, -0.1) is 0 Å². The minimum atomic E-state index is -1.43. The Bertz CT molecular complexity index is 334. The molecule has 0 bridgehead atoms. The standard InChI is InChI=1S/C11H18O7/c1-6(9(15)17-4)18-10(16)11(2,3)7(12)5-8(13)14/h6-7,12H,5H2,1-4H3,(H,13,14). The third-order valence-corrected chi connectivity index (χ3v) is 2.54. The molecule has 0 saturated heterocycles. The number of carbonyl (C=O) groups excluding carboxylic acids is 2. The van der Waals surface area contributed by atoms with Gasteiger partial charge in [0, 0.05) is 0 Å². The second-order valence-electron chi connectivity index (χ2n) is 4.41. The molecule has 0 aliphatic rings. The number of carbonyl (C=O) groups is 3. The SMILES string of the molecule is COC(=O)C(C)OC(=O)C(C)(C)C(O)CC(=O)O. The summed E-state index contributed by atoms with van der Waals surface area (Å²) in [6, 6.07) is 0. The van der Waals surface area contributed by atoms with Crippen LogP contribution in [0.1, 0.15) is 27.2 Å². The Kier molecular flexibility index (Phi) is 5.77. The quantitative estimate of drug-likeness (QED) is 0.646. The first-order valence-corrected chi connectivity index (χ1v) is 5.31. The van der Waals surface area contributed by atoms with E-state index in [1.807, 2.05) is 0 Å². The fraction of sp³-hybridized carbons (Fsp3) is 0.727. The highest BCUT2D eigenvalue weighted by Crippen LogP contribution is 2.25. The maximum Gasteiger partial charge on any atom is 0.346 e. The predicted octanol–water partition coefficient (Wildman–Crippen LogP) is -0.0471. The van der Waals surface area contributed by atoms with E-state index in [-0.39, 0.29) is 0 Å². The molecule has 2 N–H and O–H groups in total. The molecular weight excluding hydrogens is 244 g/mol. The average Bonchev–Trinajstić information content (AvgIpc) is 2.26. The summed E-state index contributed by atoms with van der Waals surface area (Å²) in [7, 11) is 1.15. The molecule has 0 aliphatic carbocycles. The van der Waals surface area contributed by atoms with Crippen molar-refractivity contribution < 1.29 is 34.1 Å². The van der Waals surface area contributed by atoms with E-state index < -0.39 is 42.0 Å². The van der Waals surface area contributed by atoms with Gasteiger partial charge in [-0.25, -0.2) is 4.79 Å². The molecule has 2 atom stereocenters. The molecule has 0 aromatic rings. The highest BCUT2D eigenvalue weighted by atomic mass is 16.6. The van der Waals surface area contributed by atoms with Crippen LogP contribution in [-0.2, 0) is 23.9 Å². The van der Waals surface area contributed by atoms with Gasteiger partial charge >= 0.3 is 17.9 Å². The van der Waals surface area contributed by atoms with Crippen LogP contribution in [0.5, 0.6) is 0 Å². The van der Waals surface area contributed by atoms with Crippen molar-refractivity contribution >= 4 is 17.9 Å². The number of aliphatic hydroxyl groups is 1. The lowest BCUT2D eigenvalue weighted by Crippen LogP contribution is -2.42. The number of carboxylic acids is 1. The maximum absolute atomic E-state index is 11.7. The fourth-order valence-corrected chi connectivity index (χ4v) is 1.08. The van der Waals surface area contributed by atoms with E-state index in [4.69, 9.17) is 9.84 Å². The number of hydrogen-bond acceptors (Lipinski definition) is 6. The van der Waals surface area contributed by atoms with Crippen molar-refractivity contribution in [1.29, 1.82) is 0 Å². The Morgan fingerprint density at radius 2 is 1.78 bits per heavy atom. The van der Waals surface area contributed by atoms with Gasteiger partial charge in [0.15, 0.2) is 6.10 Å². The molecule has 104 valence electrons. The van der Waals surface area contributed by atoms with Crippen molar-refractivity contribution in [2.24, 2.45) is 5.41 Å². The molecule has 0 aliphatic heterocycles. The van der Waals surface area contributed by atoms with Crippen molar-refractivity contribution in [3.05, 3.63) is 0 Å². The van der Waals surface area contributed by atoms with E-state index in [0.29, 0.717) is 0 Å². The number of hydrogen-bond donors (Lipinski definition) is 2. The number of aliphatic carboxylic acids is 1. The number of esters is 2. The van der Waals surface area contributed by atoms with E-state index in [1.54, 1.807) is 0 Å². The van der Waals surface area contributed by atoms with Crippen molar-refractivity contribution in [2.45, 2.75) is 39.4 Å². The van der Waals surface area contributed by atoms with Gasteiger partial charge in [-0.3, -0.25) is 9.59 Å². The van der Waals surface area contributed by atoms with Gasteiger partial charge in [0.25, 0.3) is 0 Å². The van der Waals surface area contributed by atoms with Crippen LogP contribution in [0.3, 0.4) is 0 Å². The van der Waals surface area contributed by atoms with Gasteiger partial charge in [0.2, 0.25) is 0 Å². The molecule has 0 aromatic carbocycles. The normalized spacial score (nSPS) is 14.5. The number of rotatable bonds is 6. The molecule has 2 unspecified atom stereocenters. The largest absolute Gasteiger partial charge is 0.481 e.